The van der Waals surface area contributed by atoms with E-state index in [1.807, 2.05) is 22.6 Å². The summed E-state index contributed by atoms with van der Waals surface area (Å²) in [6.07, 6.45) is -2.61. The summed E-state index contributed by atoms with van der Waals surface area (Å²) in [5, 5.41) is 32.0. The van der Waals surface area contributed by atoms with Gasteiger partial charge in [0.1, 0.15) is 42.2 Å². The van der Waals surface area contributed by atoms with Crippen LogP contribution in [0.3, 0.4) is 0 Å². The van der Waals surface area contributed by atoms with E-state index >= 15 is 0 Å². The maximum Gasteiger partial charge on any atom is 0.164 e. The van der Waals surface area contributed by atoms with Gasteiger partial charge in [-0.05, 0) is 40.3 Å². The lowest BCUT2D eigenvalue weighted by Gasteiger charge is -2.21. The molecule has 31 heavy (non-hydrogen) atoms. The fourth-order valence-corrected chi connectivity index (χ4v) is 4.14. The first-order valence-electron chi connectivity index (χ1n) is 9.62. The number of hydrogen-bond acceptors (Lipinski definition) is 7. The molecule has 3 aromatic rings. The van der Waals surface area contributed by atoms with E-state index < -0.39 is 42.3 Å². The van der Waals surface area contributed by atoms with E-state index in [0.29, 0.717) is 14.6 Å². The quantitative estimate of drug-likeness (QED) is 0.371. The van der Waals surface area contributed by atoms with Crippen LogP contribution in [0.4, 0.5) is 14.6 Å². The van der Waals surface area contributed by atoms with E-state index in [1.54, 1.807) is 6.20 Å². The third-order valence-corrected chi connectivity index (χ3v) is 5.56. The number of benzene rings is 1. The zero-order chi connectivity index (χ0) is 22.9. The molecule has 0 bridgehead atoms. The number of aliphatic hydroxyl groups excluding tert-OH is 3. The second-order valence-electron chi connectivity index (χ2n) is 7.14. The van der Waals surface area contributed by atoms with Crippen molar-refractivity contribution in [1.82, 2.24) is 14.5 Å². The van der Waals surface area contributed by atoms with Gasteiger partial charge >= 0.3 is 0 Å². The molecule has 0 spiro atoms. The summed E-state index contributed by atoms with van der Waals surface area (Å²) < 4.78 is 34.5. The number of hydrogen-bond donors (Lipinski definition) is 4. The smallest absolute Gasteiger partial charge is 0.164 e. The van der Waals surface area contributed by atoms with Gasteiger partial charge in [0.25, 0.3) is 0 Å². The molecule has 5 atom stereocenters. The highest BCUT2D eigenvalue weighted by Gasteiger charge is 2.47. The molecule has 8 nitrogen and oxygen atoms in total. The van der Waals surface area contributed by atoms with Gasteiger partial charge in [-0.2, -0.15) is 0 Å². The van der Waals surface area contributed by atoms with Crippen LogP contribution in [0.2, 0.25) is 0 Å². The molecule has 0 amide bonds. The number of rotatable bonds is 3. The van der Waals surface area contributed by atoms with Gasteiger partial charge in [-0.25, -0.2) is 18.7 Å². The zero-order valence-corrected chi connectivity index (χ0v) is 18.9. The third-order valence-electron chi connectivity index (χ3n) is 4.74. The molecule has 1 saturated heterocycles. The first-order valence-corrected chi connectivity index (χ1v) is 10.7. The SMILES string of the molecule is CCC.Nc1ncnc2c1c(I)cn2[C@@H]1O[C@H]([C@H](O)c2ccc(F)c(F)c2)[C@@H](O)[C@H]1O. The summed E-state index contributed by atoms with van der Waals surface area (Å²) in [6.45, 7) is 4.25. The minimum absolute atomic E-state index is 0.00862. The van der Waals surface area contributed by atoms with Gasteiger partial charge in [0, 0.05) is 9.77 Å². The minimum atomic E-state index is -1.50. The van der Waals surface area contributed by atoms with Gasteiger partial charge in [-0.3, -0.25) is 0 Å². The first kappa shape index (κ1) is 23.7. The molecule has 3 heterocycles. The largest absolute Gasteiger partial charge is 0.387 e. The van der Waals surface area contributed by atoms with E-state index in [2.05, 4.69) is 23.8 Å². The average Bonchev–Trinajstić information content (AvgIpc) is 3.22. The molecule has 1 aromatic carbocycles. The Morgan fingerprint density at radius 2 is 1.87 bits per heavy atom. The molecule has 1 fully saturated rings. The molecule has 0 aliphatic carbocycles. The van der Waals surface area contributed by atoms with E-state index in [9.17, 15) is 24.1 Å². The normalized spacial score (nSPS) is 24.1. The predicted molar refractivity (Wildman–Crippen MR) is 118 cm³/mol. The summed E-state index contributed by atoms with van der Waals surface area (Å²) in [5.41, 5.74) is 6.27. The lowest BCUT2D eigenvalue weighted by atomic mass is 9.99. The predicted octanol–water partition coefficient (Wildman–Crippen LogP) is 2.67. The summed E-state index contributed by atoms with van der Waals surface area (Å²) in [7, 11) is 0. The van der Waals surface area contributed by atoms with Crippen LogP contribution in [-0.2, 0) is 4.74 Å². The summed E-state index contributed by atoms with van der Waals surface area (Å²) >= 11 is 2.03. The Labute approximate surface area is 190 Å². The number of anilines is 1. The highest BCUT2D eigenvalue weighted by atomic mass is 127. The van der Waals surface area contributed by atoms with Crippen molar-refractivity contribution >= 4 is 39.4 Å². The maximum absolute atomic E-state index is 13.5. The number of fused-ring (bicyclic) bond motifs is 1. The van der Waals surface area contributed by atoms with Crippen molar-refractivity contribution in [2.75, 3.05) is 5.73 Å². The molecule has 0 unspecified atom stereocenters. The van der Waals surface area contributed by atoms with Crippen molar-refractivity contribution < 1.29 is 28.8 Å². The van der Waals surface area contributed by atoms with Crippen molar-refractivity contribution in [3.63, 3.8) is 0 Å². The molecule has 0 saturated carbocycles. The van der Waals surface area contributed by atoms with Crippen molar-refractivity contribution in [1.29, 1.82) is 0 Å². The molecule has 4 rings (SSSR count). The van der Waals surface area contributed by atoms with Gasteiger partial charge in [0.2, 0.25) is 0 Å². The fourth-order valence-electron chi connectivity index (χ4n) is 3.32. The second-order valence-corrected chi connectivity index (χ2v) is 8.30. The molecular formula is C20H23F2IN4O4. The Bertz CT molecular complexity index is 1070. The van der Waals surface area contributed by atoms with Crippen LogP contribution in [0.5, 0.6) is 0 Å². The van der Waals surface area contributed by atoms with Gasteiger partial charge in [-0.15, -0.1) is 0 Å². The Morgan fingerprint density at radius 3 is 2.52 bits per heavy atom. The number of aliphatic hydroxyl groups is 3. The van der Waals surface area contributed by atoms with Crippen LogP contribution >= 0.6 is 22.6 Å². The third kappa shape index (κ3) is 4.51. The average molecular weight is 548 g/mol. The number of nitrogens with two attached hydrogens (primary N) is 1. The van der Waals surface area contributed by atoms with Crippen LogP contribution in [-0.4, -0.2) is 48.2 Å². The standard InChI is InChI=1S/C17H15F2IN4O4.C3H8/c18-7-2-1-6(3-8(7)19)11(25)14-12(26)13(27)17(28-14)24-4-9(20)10-15(21)22-5-23-16(10)24;1-3-2/h1-5,11-14,17,25-27H,(H2,21,22,23);3H2,1-2H3/t11-,12+,13-,14-,17-;/m1./s1. The zero-order valence-electron chi connectivity index (χ0n) is 16.8. The van der Waals surface area contributed by atoms with Crippen molar-refractivity contribution in [2.24, 2.45) is 0 Å². The Hall–Kier alpha value is -1.93. The Kier molecular flexibility index (Phi) is 7.42. The summed E-state index contributed by atoms with van der Waals surface area (Å²) in [4.78, 5) is 8.09. The van der Waals surface area contributed by atoms with Crippen LogP contribution in [0.25, 0.3) is 11.0 Å². The van der Waals surface area contributed by atoms with Crippen molar-refractivity contribution in [2.45, 2.75) is 50.9 Å². The summed E-state index contributed by atoms with van der Waals surface area (Å²) in [5.74, 6) is -1.95. The number of aromatic nitrogens is 3. The van der Waals surface area contributed by atoms with Gasteiger partial charge in [0.05, 0.1) is 5.39 Å². The van der Waals surface area contributed by atoms with E-state index in [-0.39, 0.29) is 11.4 Å². The number of nitrogens with zero attached hydrogens (tertiary/aromatic N) is 3. The lowest BCUT2D eigenvalue weighted by molar-refractivity contribution is -0.0849. The topological polar surface area (TPSA) is 127 Å². The molecule has 11 heteroatoms. The number of halogens is 3. The molecule has 1 aliphatic heterocycles. The van der Waals surface area contributed by atoms with Crippen molar-refractivity contribution in [3.8, 4) is 0 Å². The second kappa shape index (κ2) is 9.69. The monoisotopic (exact) mass is 548 g/mol. The lowest BCUT2D eigenvalue weighted by Crippen LogP contribution is -2.34. The van der Waals surface area contributed by atoms with E-state index in [0.717, 1.165) is 12.1 Å². The number of ether oxygens (including phenoxy) is 1. The van der Waals surface area contributed by atoms with Gasteiger partial charge < -0.3 is 30.4 Å². The summed E-state index contributed by atoms with van der Waals surface area (Å²) in [6, 6.07) is 2.86. The van der Waals surface area contributed by atoms with Crippen LogP contribution in [0.15, 0.2) is 30.7 Å². The maximum atomic E-state index is 13.5. The minimum Gasteiger partial charge on any atom is -0.387 e. The molecule has 1 aliphatic rings. The van der Waals surface area contributed by atoms with Crippen molar-refractivity contribution in [3.05, 3.63) is 51.5 Å². The molecular weight excluding hydrogens is 525 g/mol. The van der Waals surface area contributed by atoms with Crippen LogP contribution in [0.1, 0.15) is 38.2 Å². The molecule has 5 N–H and O–H groups in total. The fraction of sp³-hybridized carbons (Fsp3) is 0.400. The molecule has 0 radical (unpaired) electrons. The van der Waals surface area contributed by atoms with Gasteiger partial charge in [-0.1, -0.05) is 26.3 Å². The number of nitrogen functional groups attached to an aromatic ring is 1. The van der Waals surface area contributed by atoms with E-state index in [1.165, 1.54) is 23.4 Å². The molecule has 168 valence electrons. The Balaban J connectivity index is 0.000000858. The first-order chi connectivity index (χ1) is 14.7. The van der Waals surface area contributed by atoms with Gasteiger partial charge in [0.15, 0.2) is 17.9 Å². The van der Waals surface area contributed by atoms with E-state index in [4.69, 9.17) is 10.5 Å². The molecule has 2 aromatic heterocycles. The van der Waals surface area contributed by atoms with Crippen LogP contribution in [0, 0.1) is 15.2 Å². The highest BCUT2D eigenvalue weighted by molar-refractivity contribution is 14.1. The Morgan fingerprint density at radius 1 is 1.19 bits per heavy atom. The highest BCUT2D eigenvalue weighted by Crippen LogP contribution is 2.39. The van der Waals surface area contributed by atoms with Crippen LogP contribution < -0.4 is 5.73 Å².